The molecule has 0 saturated heterocycles. The van der Waals surface area contributed by atoms with E-state index in [1.54, 1.807) is 0 Å². The van der Waals surface area contributed by atoms with Crippen LogP contribution in [0.25, 0.3) is 0 Å². The van der Waals surface area contributed by atoms with Gasteiger partial charge in [0.05, 0.1) is 25.4 Å². The summed E-state index contributed by atoms with van der Waals surface area (Å²) in [6.45, 7) is 4.98. The Bertz CT molecular complexity index is 1360. The maximum absolute atomic E-state index is 12.5. The van der Waals surface area contributed by atoms with Gasteiger partial charge >= 0.3 is 5.97 Å². The molecule has 0 aromatic carbocycles. The van der Waals surface area contributed by atoms with E-state index in [-0.39, 0.29) is 18.5 Å². The van der Waals surface area contributed by atoms with Crippen LogP contribution in [0.2, 0.25) is 0 Å². The highest BCUT2D eigenvalue weighted by Gasteiger charge is 2.20. The van der Waals surface area contributed by atoms with Crippen molar-refractivity contribution in [2.24, 2.45) is 0 Å². The molecule has 3 N–H and O–H groups in total. The van der Waals surface area contributed by atoms with Crippen molar-refractivity contribution in [3.63, 3.8) is 0 Å². The Morgan fingerprint density at radius 2 is 0.595 bits per heavy atom. The van der Waals surface area contributed by atoms with Crippen molar-refractivity contribution < 1.29 is 24.5 Å². The zero-order chi connectivity index (χ0) is 60.6. The summed E-state index contributed by atoms with van der Waals surface area (Å²) < 4.78 is 5.51. The number of ether oxygens (including phenoxy) is 1. The van der Waals surface area contributed by atoms with Gasteiger partial charge in [-0.15, -0.1) is 0 Å². The first kappa shape index (κ1) is 82.1. The largest absolute Gasteiger partial charge is 0.466 e. The van der Waals surface area contributed by atoms with E-state index in [1.165, 1.54) is 347 Å². The third-order valence-electron chi connectivity index (χ3n) is 17.9. The van der Waals surface area contributed by atoms with Gasteiger partial charge < -0.3 is 20.3 Å². The topological polar surface area (TPSA) is 95.9 Å². The second-order valence-electron chi connectivity index (χ2n) is 26.3. The van der Waals surface area contributed by atoms with Crippen LogP contribution in [0, 0.1) is 0 Å². The molecule has 2 unspecified atom stereocenters. The summed E-state index contributed by atoms with van der Waals surface area (Å²) >= 11 is 0. The molecule has 0 aliphatic carbocycles. The van der Waals surface area contributed by atoms with Crippen molar-refractivity contribution >= 4 is 11.9 Å². The number of esters is 1. The first-order valence-corrected chi connectivity index (χ1v) is 38.2. The van der Waals surface area contributed by atoms with Gasteiger partial charge in [0.2, 0.25) is 5.91 Å². The molecular formula is C78H149NO5. The average molecular weight is 1180 g/mol. The molecule has 0 rings (SSSR count). The van der Waals surface area contributed by atoms with Crippen molar-refractivity contribution in [3.05, 3.63) is 36.5 Å². The molecule has 0 heterocycles. The minimum Gasteiger partial charge on any atom is -0.466 e. The Labute approximate surface area is 525 Å². The lowest BCUT2D eigenvalue weighted by atomic mass is 10.0. The van der Waals surface area contributed by atoms with Crippen LogP contribution < -0.4 is 5.32 Å². The van der Waals surface area contributed by atoms with E-state index in [0.717, 1.165) is 44.9 Å². The van der Waals surface area contributed by atoms with E-state index in [1.807, 2.05) is 0 Å². The van der Waals surface area contributed by atoms with Crippen molar-refractivity contribution in [1.82, 2.24) is 5.32 Å². The van der Waals surface area contributed by atoms with Crippen LogP contribution in [0.1, 0.15) is 425 Å². The Morgan fingerprint density at radius 1 is 0.333 bits per heavy atom. The predicted molar refractivity (Wildman–Crippen MR) is 370 cm³/mol. The maximum Gasteiger partial charge on any atom is 0.305 e. The number of carbonyl (C=O) groups excluding carboxylic acids is 2. The highest BCUT2D eigenvalue weighted by molar-refractivity contribution is 5.76. The molecule has 496 valence electrons. The van der Waals surface area contributed by atoms with Gasteiger partial charge in [-0.05, 0) is 83.5 Å². The predicted octanol–water partition coefficient (Wildman–Crippen LogP) is 25.0. The van der Waals surface area contributed by atoms with Crippen LogP contribution >= 0.6 is 0 Å². The number of carbonyl (C=O) groups is 2. The third kappa shape index (κ3) is 69.2. The standard InChI is InChI=1S/C78H149NO5/c1-3-5-7-9-11-13-15-17-18-19-37-41-44-48-52-56-60-64-68-72-78(83)84-73-69-65-61-57-53-49-45-42-39-36-34-32-30-28-26-24-22-20-21-23-25-27-29-31-33-35-38-40-43-47-51-55-59-63-67-71-77(82)79-75(74-80)76(81)70-66-62-58-54-50-46-16-14-12-10-8-6-4-2/h17-18,22,24,28,30,75-76,80-81H,3-16,19-21,23,25-27,29,31-74H2,1-2H3,(H,79,82)/b18-17-,24-22-,30-28-. The van der Waals surface area contributed by atoms with E-state index in [2.05, 4.69) is 55.6 Å². The summed E-state index contributed by atoms with van der Waals surface area (Å²) in [5.41, 5.74) is 0. The van der Waals surface area contributed by atoms with E-state index in [0.29, 0.717) is 25.9 Å². The number of allylic oxidation sites excluding steroid dienone is 6. The maximum atomic E-state index is 12.5. The van der Waals surface area contributed by atoms with Gasteiger partial charge in [0, 0.05) is 12.8 Å². The number of aliphatic hydroxyl groups is 2. The fourth-order valence-electron chi connectivity index (χ4n) is 12.1. The second-order valence-corrected chi connectivity index (χ2v) is 26.3. The Hall–Kier alpha value is -1.92. The van der Waals surface area contributed by atoms with E-state index >= 15 is 0 Å². The molecule has 6 nitrogen and oxygen atoms in total. The lowest BCUT2D eigenvalue weighted by Gasteiger charge is -2.22. The smallest absolute Gasteiger partial charge is 0.305 e. The molecule has 0 bridgehead atoms. The number of rotatable bonds is 72. The molecule has 0 saturated carbocycles. The molecule has 1 amide bonds. The molecule has 0 aromatic rings. The molecule has 0 aliphatic rings. The van der Waals surface area contributed by atoms with Crippen LogP contribution in [0.3, 0.4) is 0 Å². The zero-order valence-corrected chi connectivity index (χ0v) is 56.9. The summed E-state index contributed by atoms with van der Waals surface area (Å²) in [6, 6.07) is -0.539. The number of aliphatic hydroxyl groups excluding tert-OH is 2. The third-order valence-corrected chi connectivity index (χ3v) is 17.9. The normalized spacial score (nSPS) is 12.7. The number of amides is 1. The van der Waals surface area contributed by atoms with E-state index in [4.69, 9.17) is 4.74 Å². The number of hydrogen-bond donors (Lipinski definition) is 3. The molecule has 6 heteroatoms. The minimum atomic E-state index is -0.662. The molecule has 0 spiro atoms. The van der Waals surface area contributed by atoms with Crippen LogP contribution in [0.15, 0.2) is 36.5 Å². The summed E-state index contributed by atoms with van der Waals surface area (Å²) in [6.07, 6.45) is 95.1. The molecule has 2 atom stereocenters. The lowest BCUT2D eigenvalue weighted by molar-refractivity contribution is -0.143. The average Bonchev–Trinajstić information content (AvgIpc) is 3.54. The van der Waals surface area contributed by atoms with Crippen LogP contribution in [0.5, 0.6) is 0 Å². The summed E-state index contributed by atoms with van der Waals surface area (Å²) in [5.74, 6) is -0.0136. The minimum absolute atomic E-state index is 0.0170. The van der Waals surface area contributed by atoms with Gasteiger partial charge in [0.15, 0.2) is 0 Å². The SMILES string of the molecule is CCCCCCCC/C=C\CCCCCCCCCCCC(=O)OCCCCCCCCCCCCC/C=C\C/C=C\CCCCCCCCCCCCCCCCCCCC(=O)NC(CO)C(O)CCCCCCCCCCCCCCC. The van der Waals surface area contributed by atoms with Crippen LogP contribution in [0.4, 0.5) is 0 Å². The van der Waals surface area contributed by atoms with Gasteiger partial charge in [0.25, 0.3) is 0 Å². The van der Waals surface area contributed by atoms with Gasteiger partial charge in [-0.2, -0.15) is 0 Å². The second kappa shape index (κ2) is 73.5. The van der Waals surface area contributed by atoms with Crippen LogP contribution in [-0.2, 0) is 14.3 Å². The summed E-state index contributed by atoms with van der Waals surface area (Å²) in [7, 11) is 0. The Morgan fingerprint density at radius 3 is 0.917 bits per heavy atom. The molecule has 0 aromatic heterocycles. The van der Waals surface area contributed by atoms with Crippen molar-refractivity contribution in [2.75, 3.05) is 13.2 Å². The highest BCUT2D eigenvalue weighted by Crippen LogP contribution is 2.19. The molecule has 0 aliphatic heterocycles. The fraction of sp³-hybridized carbons (Fsp3) is 0.897. The fourth-order valence-corrected chi connectivity index (χ4v) is 12.1. The van der Waals surface area contributed by atoms with Crippen molar-refractivity contribution in [1.29, 1.82) is 0 Å². The number of hydrogen-bond acceptors (Lipinski definition) is 5. The molecule has 84 heavy (non-hydrogen) atoms. The first-order chi connectivity index (χ1) is 41.5. The Kier molecular flexibility index (Phi) is 71.9. The number of nitrogens with one attached hydrogen (secondary N) is 1. The Balaban J connectivity index is 3.35. The van der Waals surface area contributed by atoms with Gasteiger partial charge in [-0.1, -0.05) is 365 Å². The summed E-state index contributed by atoms with van der Waals surface area (Å²) in [4.78, 5) is 24.6. The zero-order valence-electron chi connectivity index (χ0n) is 56.9. The van der Waals surface area contributed by atoms with Crippen molar-refractivity contribution in [2.45, 2.75) is 437 Å². The number of unbranched alkanes of at least 4 members (excludes halogenated alkanes) is 55. The molecular weight excluding hydrogens is 1030 g/mol. The summed E-state index contributed by atoms with van der Waals surface area (Å²) in [5, 5.41) is 23.3. The monoisotopic (exact) mass is 1180 g/mol. The molecule has 0 radical (unpaired) electrons. The lowest BCUT2D eigenvalue weighted by Crippen LogP contribution is -2.45. The van der Waals surface area contributed by atoms with E-state index in [9.17, 15) is 19.8 Å². The quantitative estimate of drug-likeness (QED) is 0.0320. The van der Waals surface area contributed by atoms with Gasteiger partial charge in [-0.25, -0.2) is 0 Å². The first-order valence-electron chi connectivity index (χ1n) is 38.2. The van der Waals surface area contributed by atoms with Gasteiger partial charge in [0.1, 0.15) is 0 Å². The highest BCUT2D eigenvalue weighted by atomic mass is 16.5. The molecule has 0 fully saturated rings. The van der Waals surface area contributed by atoms with Crippen molar-refractivity contribution in [3.8, 4) is 0 Å². The van der Waals surface area contributed by atoms with Gasteiger partial charge in [-0.3, -0.25) is 9.59 Å². The van der Waals surface area contributed by atoms with Crippen LogP contribution in [-0.4, -0.2) is 47.4 Å². The van der Waals surface area contributed by atoms with E-state index < -0.39 is 12.1 Å².